The van der Waals surface area contributed by atoms with Gasteiger partial charge in [0, 0.05) is 30.6 Å². The van der Waals surface area contributed by atoms with Gasteiger partial charge >= 0.3 is 0 Å². The highest BCUT2D eigenvalue weighted by Crippen LogP contribution is 2.17. The van der Waals surface area contributed by atoms with Crippen LogP contribution in [-0.2, 0) is 6.42 Å². The first-order chi connectivity index (χ1) is 11.5. The minimum Gasteiger partial charge on any atom is -0.358 e. The van der Waals surface area contributed by atoms with E-state index < -0.39 is 17.4 Å². The molecule has 0 aliphatic heterocycles. The normalized spacial score (nSPS) is 10.6. The Morgan fingerprint density at radius 3 is 2.71 bits per heavy atom. The van der Waals surface area contributed by atoms with Gasteiger partial charge in [0.1, 0.15) is 11.6 Å². The Morgan fingerprint density at radius 2 is 1.96 bits per heavy atom. The summed E-state index contributed by atoms with van der Waals surface area (Å²) in [6.07, 6.45) is 4.61. The Hall–Kier alpha value is -3.15. The molecule has 24 heavy (non-hydrogen) atoms. The molecule has 0 aliphatic carbocycles. The molecule has 1 aromatic carbocycles. The molecule has 0 unspecified atom stereocenters. The molecule has 0 radical (unpaired) electrons. The fraction of sp³-hybridized carbons (Fsp3) is 0.0556. The maximum atomic E-state index is 13.7. The topological polar surface area (TPSA) is 62.8 Å². The third-order valence-corrected chi connectivity index (χ3v) is 3.51. The van der Waals surface area contributed by atoms with Crippen LogP contribution in [0.5, 0.6) is 0 Å². The monoisotopic (exact) mass is 326 g/mol. The second-order valence-electron chi connectivity index (χ2n) is 5.22. The number of halogens is 2. The number of rotatable bonds is 5. The van der Waals surface area contributed by atoms with Gasteiger partial charge in [0.05, 0.1) is 11.3 Å². The summed E-state index contributed by atoms with van der Waals surface area (Å²) in [6, 6.07) is 7.49. The van der Waals surface area contributed by atoms with Crippen molar-refractivity contribution in [2.45, 2.75) is 6.42 Å². The molecular weight excluding hydrogens is 314 g/mol. The zero-order valence-electron chi connectivity index (χ0n) is 12.4. The Morgan fingerprint density at radius 1 is 1.12 bits per heavy atom. The average molecular weight is 326 g/mol. The summed E-state index contributed by atoms with van der Waals surface area (Å²) in [5, 5.41) is 0. The number of Topliss-reactive ketones (excluding diaryl/α,β-unsaturated/α-hetero) is 1. The van der Waals surface area contributed by atoms with Crippen LogP contribution in [-0.4, -0.2) is 21.5 Å². The third-order valence-electron chi connectivity index (χ3n) is 3.51. The molecule has 4 nitrogen and oxygen atoms in total. The fourth-order valence-electron chi connectivity index (χ4n) is 2.30. The number of hydrogen-bond acceptors (Lipinski definition) is 3. The predicted molar refractivity (Wildman–Crippen MR) is 82.9 cm³/mol. The molecule has 120 valence electrons. The molecule has 0 aliphatic rings. The molecule has 0 fully saturated rings. The van der Waals surface area contributed by atoms with Gasteiger partial charge in [-0.3, -0.25) is 14.6 Å². The highest BCUT2D eigenvalue weighted by atomic mass is 19.1. The fourth-order valence-corrected chi connectivity index (χ4v) is 2.30. The van der Waals surface area contributed by atoms with Crippen molar-refractivity contribution >= 4 is 11.6 Å². The second kappa shape index (κ2) is 6.54. The lowest BCUT2D eigenvalue weighted by atomic mass is 10.0. The van der Waals surface area contributed by atoms with Gasteiger partial charge in [0.15, 0.2) is 11.6 Å². The van der Waals surface area contributed by atoms with Crippen LogP contribution in [0.3, 0.4) is 0 Å². The first-order valence-corrected chi connectivity index (χ1v) is 7.15. The van der Waals surface area contributed by atoms with E-state index in [0.717, 1.165) is 23.8 Å². The molecule has 2 heterocycles. The van der Waals surface area contributed by atoms with Crippen LogP contribution in [0.2, 0.25) is 0 Å². The van der Waals surface area contributed by atoms with Gasteiger partial charge < -0.3 is 4.98 Å². The molecule has 0 bridgehead atoms. The molecule has 0 saturated heterocycles. The molecule has 1 N–H and O–H groups in total. The van der Waals surface area contributed by atoms with E-state index in [2.05, 4.69) is 9.97 Å². The van der Waals surface area contributed by atoms with Crippen LogP contribution < -0.4 is 0 Å². The van der Waals surface area contributed by atoms with Crippen LogP contribution >= 0.6 is 0 Å². The van der Waals surface area contributed by atoms with E-state index in [4.69, 9.17) is 0 Å². The summed E-state index contributed by atoms with van der Waals surface area (Å²) in [5.74, 6) is -2.44. The molecule has 2 aromatic heterocycles. The van der Waals surface area contributed by atoms with Crippen LogP contribution in [0.15, 0.2) is 55.0 Å². The van der Waals surface area contributed by atoms with Crippen molar-refractivity contribution in [1.29, 1.82) is 0 Å². The summed E-state index contributed by atoms with van der Waals surface area (Å²) in [6.45, 7) is 0. The summed E-state index contributed by atoms with van der Waals surface area (Å²) >= 11 is 0. The van der Waals surface area contributed by atoms with Gasteiger partial charge in [-0.1, -0.05) is 6.07 Å². The zero-order valence-corrected chi connectivity index (χ0v) is 12.4. The molecule has 6 heteroatoms. The number of aromatic amines is 1. The van der Waals surface area contributed by atoms with Crippen molar-refractivity contribution in [2.24, 2.45) is 0 Å². The first kappa shape index (κ1) is 15.7. The number of nitrogens with zero attached hydrogens (tertiary/aromatic N) is 1. The van der Waals surface area contributed by atoms with E-state index >= 15 is 0 Å². The molecule has 0 spiro atoms. The van der Waals surface area contributed by atoms with Crippen molar-refractivity contribution in [3.8, 4) is 0 Å². The Labute approximate surface area is 136 Å². The van der Waals surface area contributed by atoms with Gasteiger partial charge in [0.25, 0.3) is 0 Å². The Bertz CT molecular complexity index is 904. The highest BCUT2D eigenvalue weighted by molar-refractivity contribution is 6.10. The lowest BCUT2D eigenvalue weighted by molar-refractivity contribution is 0.0988. The van der Waals surface area contributed by atoms with Gasteiger partial charge in [-0.15, -0.1) is 0 Å². The third kappa shape index (κ3) is 3.27. The van der Waals surface area contributed by atoms with Gasteiger partial charge in [0.2, 0.25) is 0 Å². The van der Waals surface area contributed by atoms with E-state index in [1.807, 2.05) is 0 Å². The van der Waals surface area contributed by atoms with E-state index in [1.165, 1.54) is 12.3 Å². The van der Waals surface area contributed by atoms with Crippen LogP contribution in [0.1, 0.15) is 32.0 Å². The number of carbonyl (C=O) groups excluding carboxylic acids is 2. The van der Waals surface area contributed by atoms with Gasteiger partial charge in [-0.05, 0) is 35.9 Å². The van der Waals surface area contributed by atoms with Crippen molar-refractivity contribution < 1.29 is 18.4 Å². The Balaban J connectivity index is 1.81. The maximum Gasteiger partial charge on any atom is 0.197 e. The highest BCUT2D eigenvalue weighted by Gasteiger charge is 2.18. The predicted octanol–water partition coefficient (Wildman–Crippen LogP) is 3.34. The average Bonchev–Trinajstić information content (AvgIpc) is 3.07. The number of H-pyrrole nitrogens is 1. The number of nitrogens with one attached hydrogen (secondary N) is 1. The van der Waals surface area contributed by atoms with Crippen molar-refractivity contribution in [3.05, 3.63) is 89.0 Å². The summed E-state index contributed by atoms with van der Waals surface area (Å²) in [4.78, 5) is 31.1. The molecule has 3 aromatic rings. The lowest BCUT2D eigenvalue weighted by Crippen LogP contribution is -2.05. The number of pyridine rings is 1. The largest absolute Gasteiger partial charge is 0.358 e. The smallest absolute Gasteiger partial charge is 0.197 e. The number of benzene rings is 1. The van der Waals surface area contributed by atoms with Crippen molar-refractivity contribution in [3.63, 3.8) is 0 Å². The SMILES string of the molecule is O=C(Cc1cccnc1)c1cc(C(=O)c2cc(F)ccc2F)c[nH]1. The number of carbonyl (C=O) groups is 2. The van der Waals surface area contributed by atoms with E-state index in [9.17, 15) is 18.4 Å². The minimum absolute atomic E-state index is 0.0917. The van der Waals surface area contributed by atoms with Crippen LogP contribution in [0.25, 0.3) is 0 Å². The molecule has 0 amide bonds. The lowest BCUT2D eigenvalue weighted by Gasteiger charge is -2.00. The standard InChI is InChI=1S/C18H12F2N2O2/c19-13-3-4-15(20)14(8-13)18(24)12-7-16(22-10-12)17(23)6-11-2-1-5-21-9-11/h1-5,7-10,22H,6H2. The van der Waals surface area contributed by atoms with E-state index in [0.29, 0.717) is 0 Å². The number of ketones is 2. The summed E-state index contributed by atoms with van der Waals surface area (Å²) in [7, 11) is 0. The van der Waals surface area contributed by atoms with Crippen LogP contribution in [0.4, 0.5) is 8.78 Å². The molecule has 3 rings (SSSR count). The van der Waals surface area contributed by atoms with Crippen LogP contribution in [0, 0.1) is 11.6 Å². The van der Waals surface area contributed by atoms with Crippen molar-refractivity contribution in [1.82, 2.24) is 9.97 Å². The van der Waals surface area contributed by atoms with E-state index in [-0.39, 0.29) is 29.0 Å². The van der Waals surface area contributed by atoms with E-state index in [1.54, 1.807) is 24.5 Å². The quantitative estimate of drug-likeness (QED) is 0.731. The summed E-state index contributed by atoms with van der Waals surface area (Å²) in [5.41, 5.74) is 0.675. The van der Waals surface area contributed by atoms with Gasteiger partial charge in [-0.2, -0.15) is 0 Å². The molecule has 0 atom stereocenters. The maximum absolute atomic E-state index is 13.7. The molecule has 0 saturated carbocycles. The first-order valence-electron chi connectivity index (χ1n) is 7.15. The zero-order chi connectivity index (χ0) is 17.1. The molecular formula is C18H12F2N2O2. The number of aromatic nitrogens is 2. The minimum atomic E-state index is -0.814. The second-order valence-corrected chi connectivity index (χ2v) is 5.22. The van der Waals surface area contributed by atoms with Crippen molar-refractivity contribution in [2.75, 3.05) is 0 Å². The van der Waals surface area contributed by atoms with Gasteiger partial charge in [-0.25, -0.2) is 8.78 Å². The Kier molecular flexibility index (Phi) is 4.29. The summed E-state index contributed by atoms with van der Waals surface area (Å²) < 4.78 is 26.9. The number of hydrogen-bond donors (Lipinski definition) is 1.